The monoisotopic (exact) mass is 154 g/mol. The summed E-state index contributed by atoms with van der Waals surface area (Å²) in [5, 5.41) is 0. The molecular formula is C9H16NO+. The molecule has 62 valence electrons. The lowest BCUT2D eigenvalue weighted by molar-refractivity contribution is -0.921. The minimum absolute atomic E-state index is 0.373. The molecule has 1 aliphatic heterocycles. The maximum Gasteiger partial charge on any atom is 0.140 e. The van der Waals surface area contributed by atoms with Crippen molar-refractivity contribution in [2.24, 2.45) is 0 Å². The average molecular weight is 154 g/mol. The lowest BCUT2D eigenvalue weighted by Gasteiger charge is -2.45. The third-order valence-corrected chi connectivity index (χ3v) is 2.47. The van der Waals surface area contributed by atoms with Gasteiger partial charge in [-0.3, -0.25) is 0 Å². The fourth-order valence-corrected chi connectivity index (χ4v) is 1.50. The second kappa shape index (κ2) is 2.84. The molecule has 0 aromatic heterocycles. The normalized spacial score (nSPS) is 30.7. The van der Waals surface area contributed by atoms with Crippen LogP contribution in [0.4, 0.5) is 0 Å². The summed E-state index contributed by atoms with van der Waals surface area (Å²) in [6, 6.07) is 0.589. The van der Waals surface area contributed by atoms with Crippen LogP contribution in [0.2, 0.25) is 0 Å². The minimum Gasteiger partial charge on any atom is -0.366 e. The van der Waals surface area contributed by atoms with Crippen LogP contribution >= 0.6 is 0 Å². The summed E-state index contributed by atoms with van der Waals surface area (Å²) in [5.41, 5.74) is 0. The number of nitrogens with zero attached hydrogens (tertiary/aromatic N) is 1. The number of ether oxygens (including phenoxy) is 1. The predicted molar refractivity (Wildman–Crippen MR) is 45.0 cm³/mol. The smallest absolute Gasteiger partial charge is 0.140 e. The van der Waals surface area contributed by atoms with Crippen molar-refractivity contribution in [2.75, 3.05) is 27.2 Å². The Kier molecular flexibility index (Phi) is 2.22. The molecule has 2 nitrogen and oxygen atoms in total. The van der Waals surface area contributed by atoms with Crippen LogP contribution in [0.25, 0.3) is 0 Å². The SMILES string of the molecule is C#CC[N+](C)(C)[C@@H]1CO[C@@H]1C. The molecular weight excluding hydrogens is 138 g/mol. The number of terminal acetylenes is 1. The molecule has 0 radical (unpaired) electrons. The van der Waals surface area contributed by atoms with Crippen LogP contribution in [0.1, 0.15) is 6.92 Å². The van der Waals surface area contributed by atoms with Crippen molar-refractivity contribution in [3.05, 3.63) is 0 Å². The first-order valence-corrected chi connectivity index (χ1v) is 3.95. The van der Waals surface area contributed by atoms with Crippen molar-refractivity contribution in [3.8, 4) is 12.3 Å². The van der Waals surface area contributed by atoms with Gasteiger partial charge in [0.2, 0.25) is 0 Å². The second-order valence-electron chi connectivity index (χ2n) is 3.75. The largest absolute Gasteiger partial charge is 0.366 e. The fourth-order valence-electron chi connectivity index (χ4n) is 1.50. The average Bonchev–Trinajstić information content (AvgIpc) is 1.83. The van der Waals surface area contributed by atoms with Gasteiger partial charge in [-0.2, -0.15) is 0 Å². The van der Waals surface area contributed by atoms with E-state index in [1.165, 1.54) is 0 Å². The Labute approximate surface area is 68.7 Å². The van der Waals surface area contributed by atoms with Gasteiger partial charge in [0.1, 0.15) is 25.3 Å². The van der Waals surface area contributed by atoms with Crippen LogP contribution in [-0.2, 0) is 4.74 Å². The first-order chi connectivity index (χ1) is 5.08. The first-order valence-electron chi connectivity index (χ1n) is 3.95. The standard InChI is InChI=1S/C9H16NO/c1-5-6-10(3,4)9-7-11-8(9)2/h1,8-9H,6-7H2,2-4H3/q+1/t8-,9-/m1/s1. The maximum absolute atomic E-state index is 5.29. The van der Waals surface area contributed by atoms with Crippen LogP contribution in [0.3, 0.4) is 0 Å². The molecule has 0 N–H and O–H groups in total. The molecule has 0 saturated carbocycles. The number of hydrogen-bond acceptors (Lipinski definition) is 1. The van der Waals surface area contributed by atoms with E-state index in [0.717, 1.165) is 17.6 Å². The van der Waals surface area contributed by atoms with Gasteiger partial charge in [0.05, 0.1) is 14.1 Å². The van der Waals surface area contributed by atoms with Gasteiger partial charge in [-0.15, -0.1) is 6.42 Å². The molecule has 1 saturated heterocycles. The molecule has 1 fully saturated rings. The van der Waals surface area contributed by atoms with Crippen molar-refractivity contribution in [1.29, 1.82) is 0 Å². The van der Waals surface area contributed by atoms with Gasteiger partial charge in [0.25, 0.3) is 0 Å². The van der Waals surface area contributed by atoms with Gasteiger partial charge in [-0.05, 0) is 12.8 Å². The Morgan fingerprint density at radius 1 is 1.64 bits per heavy atom. The highest BCUT2D eigenvalue weighted by Crippen LogP contribution is 2.21. The van der Waals surface area contributed by atoms with E-state index >= 15 is 0 Å². The highest BCUT2D eigenvalue weighted by atomic mass is 16.5. The lowest BCUT2D eigenvalue weighted by atomic mass is 10.1. The molecule has 2 atom stereocenters. The number of quaternary nitrogens is 1. The maximum atomic E-state index is 5.29. The molecule has 2 heteroatoms. The zero-order valence-electron chi connectivity index (χ0n) is 7.50. The molecule has 0 bridgehead atoms. The Hall–Kier alpha value is -0.520. The highest BCUT2D eigenvalue weighted by Gasteiger charge is 2.40. The molecule has 0 aromatic rings. The summed E-state index contributed by atoms with van der Waals surface area (Å²) in [4.78, 5) is 0. The topological polar surface area (TPSA) is 9.23 Å². The molecule has 1 heterocycles. The molecule has 1 aliphatic rings. The number of rotatable bonds is 2. The number of hydrogen-bond donors (Lipinski definition) is 0. The van der Waals surface area contributed by atoms with Gasteiger partial charge in [0, 0.05) is 0 Å². The molecule has 0 amide bonds. The van der Waals surface area contributed by atoms with E-state index in [2.05, 4.69) is 26.9 Å². The summed E-state index contributed by atoms with van der Waals surface area (Å²) < 4.78 is 6.18. The highest BCUT2D eigenvalue weighted by molar-refractivity contribution is 4.86. The molecule has 11 heavy (non-hydrogen) atoms. The van der Waals surface area contributed by atoms with Gasteiger partial charge in [-0.1, -0.05) is 0 Å². The van der Waals surface area contributed by atoms with E-state index in [1.807, 2.05) is 0 Å². The second-order valence-corrected chi connectivity index (χ2v) is 3.75. The van der Waals surface area contributed by atoms with Crippen LogP contribution < -0.4 is 0 Å². The zero-order valence-corrected chi connectivity index (χ0v) is 7.50. The Balaban J connectivity index is 2.51. The van der Waals surface area contributed by atoms with Crippen LogP contribution in [0.15, 0.2) is 0 Å². The summed E-state index contributed by atoms with van der Waals surface area (Å²) in [7, 11) is 4.31. The first kappa shape index (κ1) is 8.58. The van der Waals surface area contributed by atoms with Crippen LogP contribution in [0, 0.1) is 12.3 Å². The van der Waals surface area contributed by atoms with Gasteiger partial charge >= 0.3 is 0 Å². The van der Waals surface area contributed by atoms with Crippen LogP contribution in [-0.4, -0.2) is 43.9 Å². The molecule has 0 spiro atoms. The van der Waals surface area contributed by atoms with E-state index in [1.54, 1.807) is 0 Å². The van der Waals surface area contributed by atoms with Crippen molar-refractivity contribution in [2.45, 2.75) is 19.1 Å². The third-order valence-electron chi connectivity index (χ3n) is 2.47. The Morgan fingerprint density at radius 3 is 2.55 bits per heavy atom. The molecule has 1 rings (SSSR count). The molecule has 0 aromatic carbocycles. The van der Waals surface area contributed by atoms with Crippen molar-refractivity contribution in [3.63, 3.8) is 0 Å². The summed E-state index contributed by atoms with van der Waals surface area (Å²) >= 11 is 0. The van der Waals surface area contributed by atoms with Crippen molar-refractivity contribution in [1.82, 2.24) is 0 Å². The Morgan fingerprint density at radius 2 is 2.27 bits per heavy atom. The van der Waals surface area contributed by atoms with E-state index in [4.69, 9.17) is 11.2 Å². The van der Waals surface area contributed by atoms with Gasteiger partial charge < -0.3 is 9.22 Å². The van der Waals surface area contributed by atoms with Gasteiger partial charge in [-0.25, -0.2) is 0 Å². The summed E-state index contributed by atoms with van der Waals surface area (Å²) in [6.07, 6.45) is 5.64. The van der Waals surface area contributed by atoms with E-state index in [9.17, 15) is 0 Å². The minimum atomic E-state index is 0.373. The summed E-state index contributed by atoms with van der Waals surface area (Å²) in [5.74, 6) is 2.69. The Bertz CT molecular complexity index is 180. The quantitative estimate of drug-likeness (QED) is 0.415. The molecule has 0 unspecified atom stereocenters. The summed E-state index contributed by atoms with van der Waals surface area (Å²) in [6.45, 7) is 3.75. The van der Waals surface area contributed by atoms with Crippen molar-refractivity contribution < 1.29 is 9.22 Å². The lowest BCUT2D eigenvalue weighted by Crippen LogP contribution is -2.62. The fraction of sp³-hybridized carbons (Fsp3) is 0.778. The molecule has 0 aliphatic carbocycles. The van der Waals surface area contributed by atoms with Crippen LogP contribution in [0.5, 0.6) is 0 Å². The van der Waals surface area contributed by atoms with E-state index in [-0.39, 0.29) is 0 Å². The van der Waals surface area contributed by atoms with E-state index in [0.29, 0.717) is 12.1 Å². The zero-order chi connectivity index (χ0) is 8.48. The predicted octanol–water partition coefficient (Wildman–Crippen LogP) is 0.483. The number of likely N-dealkylation sites (N-methyl/N-ethyl adjacent to an activating group) is 1. The van der Waals surface area contributed by atoms with Gasteiger partial charge in [0.15, 0.2) is 0 Å². The third kappa shape index (κ3) is 1.55. The van der Waals surface area contributed by atoms with E-state index < -0.39 is 0 Å². The van der Waals surface area contributed by atoms with Crippen molar-refractivity contribution >= 4 is 0 Å².